The molecule has 0 saturated carbocycles. The van der Waals surface area contributed by atoms with Crippen LogP contribution in [0.25, 0.3) is 0 Å². The van der Waals surface area contributed by atoms with Gasteiger partial charge in [0.05, 0.1) is 21.3 Å². The van der Waals surface area contributed by atoms with E-state index in [1.165, 1.54) is 16.7 Å². The molecule has 0 fully saturated rings. The summed E-state index contributed by atoms with van der Waals surface area (Å²) in [5.74, 6) is 4.31. The van der Waals surface area contributed by atoms with Crippen LogP contribution in [0, 0.1) is 0 Å². The lowest BCUT2D eigenvalue weighted by Gasteiger charge is -2.36. The number of phenols is 1. The van der Waals surface area contributed by atoms with Crippen molar-refractivity contribution in [3.63, 3.8) is 0 Å². The summed E-state index contributed by atoms with van der Waals surface area (Å²) in [6, 6.07) is 20.9. The maximum Gasteiger partial charge on any atom is 0.201 e. The number of phenolic OH excluding ortho intramolecular Hbond substituents is 1. The van der Waals surface area contributed by atoms with Gasteiger partial charge in [0.15, 0.2) is 34.5 Å². The van der Waals surface area contributed by atoms with Gasteiger partial charge in [-0.15, -0.1) is 0 Å². The number of likely N-dealkylation sites (N-methyl/N-ethyl adjacent to an activating group) is 2. The van der Waals surface area contributed by atoms with Gasteiger partial charge < -0.3 is 33.7 Å². The van der Waals surface area contributed by atoms with Gasteiger partial charge in [0.25, 0.3) is 0 Å². The minimum atomic E-state index is -0.0850. The third-order valence-corrected chi connectivity index (χ3v) is 10.5. The first kappa shape index (κ1) is 31.2. The van der Waals surface area contributed by atoms with E-state index in [2.05, 4.69) is 67.2 Å². The van der Waals surface area contributed by atoms with E-state index in [9.17, 15) is 5.11 Å². The van der Waals surface area contributed by atoms with Crippen LogP contribution in [-0.2, 0) is 25.7 Å². The number of hydrogen-bond donors (Lipinski definition) is 1. The predicted molar refractivity (Wildman–Crippen MR) is 182 cm³/mol. The molecule has 4 aromatic carbocycles. The van der Waals surface area contributed by atoms with Crippen molar-refractivity contribution in [3.05, 3.63) is 94.0 Å². The maximum absolute atomic E-state index is 11.7. The zero-order chi connectivity index (χ0) is 32.8. The van der Waals surface area contributed by atoms with Gasteiger partial charge >= 0.3 is 0 Å². The van der Waals surface area contributed by atoms with Crippen molar-refractivity contribution in [2.24, 2.45) is 0 Å². The van der Waals surface area contributed by atoms with Crippen LogP contribution in [0.5, 0.6) is 46.0 Å². The molecule has 8 heteroatoms. The Kier molecular flexibility index (Phi) is 8.41. The van der Waals surface area contributed by atoms with Gasteiger partial charge in [0.1, 0.15) is 5.75 Å². The van der Waals surface area contributed by atoms with Crippen molar-refractivity contribution >= 4 is 0 Å². The topological polar surface area (TPSA) is 72.9 Å². The standard InChI is InChI=1S/C39H44N2O6/c1-23-29-17-24-7-10-28(11-8-24)46-34-19-25(9-12-32(34)43-4)18-31-37-27(14-16-41(31)3)21-36(45-6)38(42)39(37)47-35-22-30(29)26(13-15-40(23)2)20-33(35)44-5/h7-12,19-23,29,31,42H,13-18H2,1-6H3. The molecule has 0 amide bonds. The third-order valence-electron chi connectivity index (χ3n) is 10.5. The molecule has 3 atom stereocenters. The molecular weight excluding hydrogens is 592 g/mol. The Morgan fingerprint density at radius 3 is 2.11 bits per heavy atom. The van der Waals surface area contributed by atoms with Gasteiger partial charge in [-0.1, -0.05) is 18.2 Å². The van der Waals surface area contributed by atoms with Crippen LogP contribution < -0.4 is 23.7 Å². The Bertz CT molecular complexity index is 1790. The van der Waals surface area contributed by atoms with E-state index in [0.717, 1.165) is 54.8 Å². The lowest BCUT2D eigenvalue weighted by molar-refractivity contribution is 0.221. The summed E-state index contributed by atoms with van der Waals surface area (Å²) in [5, 5.41) is 11.7. The Labute approximate surface area is 277 Å². The molecule has 0 radical (unpaired) electrons. The lowest BCUT2D eigenvalue weighted by Crippen LogP contribution is -2.34. The zero-order valence-corrected chi connectivity index (χ0v) is 28.1. The Morgan fingerprint density at radius 2 is 1.36 bits per heavy atom. The van der Waals surface area contributed by atoms with Crippen LogP contribution in [0.15, 0.2) is 60.7 Å². The predicted octanol–water partition coefficient (Wildman–Crippen LogP) is 7.29. The van der Waals surface area contributed by atoms with Crippen LogP contribution in [0.1, 0.15) is 52.3 Å². The fraction of sp³-hybridized carbons (Fsp3) is 0.385. The van der Waals surface area contributed by atoms with Gasteiger partial charge in [0, 0.05) is 36.7 Å². The number of methoxy groups -OCH3 is 3. The first-order chi connectivity index (χ1) is 22.8. The SMILES string of the molecule is COc1ccc2cc1Oc1ccc(cc1)CC1c3cc(c(OC)cc3CCN(C)C1C)Oc1c(O)c(OC)cc3c1C(C2)N(C)CC3. The van der Waals surface area contributed by atoms with Gasteiger partial charge in [-0.3, -0.25) is 4.90 Å². The Balaban J connectivity index is 1.47. The van der Waals surface area contributed by atoms with Gasteiger partial charge in [0.2, 0.25) is 5.75 Å². The summed E-state index contributed by atoms with van der Waals surface area (Å²) < 4.78 is 30.7. The number of ether oxygens (including phenoxy) is 5. The average Bonchev–Trinajstić information content (AvgIpc) is 3.19. The summed E-state index contributed by atoms with van der Waals surface area (Å²) in [6.07, 6.45) is 3.21. The summed E-state index contributed by atoms with van der Waals surface area (Å²) in [7, 11) is 9.25. The fourth-order valence-corrected chi connectivity index (χ4v) is 7.55. The van der Waals surface area contributed by atoms with Crippen molar-refractivity contribution in [1.82, 2.24) is 9.80 Å². The fourth-order valence-electron chi connectivity index (χ4n) is 7.55. The van der Waals surface area contributed by atoms with Crippen LogP contribution in [0.4, 0.5) is 0 Å². The van der Waals surface area contributed by atoms with Crippen molar-refractivity contribution in [2.75, 3.05) is 48.5 Å². The molecule has 0 aliphatic carbocycles. The van der Waals surface area contributed by atoms with Crippen LogP contribution in [0.2, 0.25) is 0 Å². The molecule has 0 spiro atoms. The second-order valence-corrected chi connectivity index (χ2v) is 13.1. The molecular formula is C39H44N2O6. The molecule has 4 aliphatic heterocycles. The highest BCUT2D eigenvalue weighted by Gasteiger charge is 2.35. The minimum Gasteiger partial charge on any atom is -0.502 e. The number of nitrogens with zero attached hydrogens (tertiary/aromatic N) is 2. The Morgan fingerprint density at radius 1 is 0.702 bits per heavy atom. The van der Waals surface area contributed by atoms with E-state index < -0.39 is 0 Å². The van der Waals surface area contributed by atoms with E-state index in [0.29, 0.717) is 40.9 Å². The summed E-state index contributed by atoms with van der Waals surface area (Å²) in [6.45, 7) is 4.10. The third kappa shape index (κ3) is 5.74. The largest absolute Gasteiger partial charge is 0.502 e. The van der Waals surface area contributed by atoms with Gasteiger partial charge in [-0.05, 0) is 117 Å². The van der Waals surface area contributed by atoms with E-state index in [4.69, 9.17) is 23.7 Å². The zero-order valence-electron chi connectivity index (χ0n) is 28.1. The van der Waals surface area contributed by atoms with Crippen LogP contribution in [0.3, 0.4) is 0 Å². The van der Waals surface area contributed by atoms with Crippen molar-refractivity contribution in [3.8, 4) is 46.0 Å². The highest BCUT2D eigenvalue weighted by atomic mass is 16.5. The van der Waals surface area contributed by atoms with Crippen LogP contribution in [-0.4, -0.2) is 69.5 Å². The minimum absolute atomic E-state index is 0.0131. The van der Waals surface area contributed by atoms with E-state index in [1.807, 2.05) is 24.3 Å². The molecule has 0 aromatic heterocycles. The lowest BCUT2D eigenvalue weighted by atomic mass is 9.84. The number of rotatable bonds is 3. The number of hydrogen-bond acceptors (Lipinski definition) is 8. The number of aromatic hydroxyl groups is 1. The summed E-state index contributed by atoms with van der Waals surface area (Å²) in [5.41, 5.74) is 6.84. The first-order valence-corrected chi connectivity index (χ1v) is 16.4. The normalized spacial score (nSPS) is 20.9. The van der Waals surface area contributed by atoms with Crippen molar-refractivity contribution < 1.29 is 28.8 Å². The molecule has 246 valence electrons. The maximum atomic E-state index is 11.7. The number of fused-ring (bicyclic) bond motifs is 2. The first-order valence-electron chi connectivity index (χ1n) is 16.4. The Hall–Kier alpha value is -4.40. The number of benzene rings is 4. The van der Waals surface area contributed by atoms with Crippen LogP contribution >= 0.6 is 0 Å². The highest BCUT2D eigenvalue weighted by molar-refractivity contribution is 5.63. The second-order valence-electron chi connectivity index (χ2n) is 13.1. The van der Waals surface area contributed by atoms with E-state index in [1.54, 1.807) is 21.3 Å². The van der Waals surface area contributed by atoms with E-state index in [-0.39, 0.29) is 23.8 Å². The molecule has 8 rings (SSSR count). The van der Waals surface area contributed by atoms with Gasteiger partial charge in [-0.25, -0.2) is 0 Å². The molecule has 4 heterocycles. The summed E-state index contributed by atoms with van der Waals surface area (Å²) >= 11 is 0. The molecule has 6 bridgehead atoms. The highest BCUT2D eigenvalue weighted by Crippen LogP contribution is 2.51. The van der Waals surface area contributed by atoms with Gasteiger partial charge in [-0.2, -0.15) is 0 Å². The molecule has 4 aromatic rings. The molecule has 0 saturated heterocycles. The average molecular weight is 637 g/mol. The molecule has 8 nitrogen and oxygen atoms in total. The summed E-state index contributed by atoms with van der Waals surface area (Å²) in [4.78, 5) is 4.76. The second kappa shape index (κ2) is 12.7. The van der Waals surface area contributed by atoms with Crippen molar-refractivity contribution in [2.45, 2.75) is 50.6 Å². The molecule has 47 heavy (non-hydrogen) atoms. The smallest absolute Gasteiger partial charge is 0.201 e. The molecule has 3 unspecified atom stereocenters. The van der Waals surface area contributed by atoms with Crippen molar-refractivity contribution in [1.29, 1.82) is 0 Å². The molecule has 4 aliphatic rings. The van der Waals surface area contributed by atoms with E-state index >= 15 is 0 Å². The monoisotopic (exact) mass is 636 g/mol. The molecule has 1 N–H and O–H groups in total. The quantitative estimate of drug-likeness (QED) is 0.251.